The summed E-state index contributed by atoms with van der Waals surface area (Å²) in [5.74, 6) is -1.01. The van der Waals surface area contributed by atoms with Crippen LogP contribution in [0.25, 0.3) is 0 Å². The Kier molecular flexibility index (Phi) is 7.68. The molecule has 2 aromatic carbocycles. The van der Waals surface area contributed by atoms with Gasteiger partial charge in [0.15, 0.2) is 0 Å². The Morgan fingerprint density at radius 3 is 2.38 bits per heavy atom. The first-order valence-corrected chi connectivity index (χ1v) is 13.2. The van der Waals surface area contributed by atoms with Crippen LogP contribution in [0.3, 0.4) is 0 Å². The molecule has 39 heavy (non-hydrogen) atoms. The van der Waals surface area contributed by atoms with Gasteiger partial charge in [0, 0.05) is 29.3 Å². The van der Waals surface area contributed by atoms with Gasteiger partial charge in [0.25, 0.3) is 5.91 Å². The third-order valence-electron chi connectivity index (χ3n) is 7.86. The van der Waals surface area contributed by atoms with E-state index >= 15 is 0 Å². The lowest BCUT2D eigenvalue weighted by molar-refractivity contribution is -0.137. The number of aliphatic hydroxyl groups is 2. The van der Waals surface area contributed by atoms with Crippen molar-refractivity contribution in [2.75, 3.05) is 13.2 Å². The molecule has 0 saturated heterocycles. The molecule has 1 aliphatic heterocycles. The highest BCUT2D eigenvalue weighted by Gasteiger charge is 2.51. The zero-order valence-electron chi connectivity index (χ0n) is 21.2. The van der Waals surface area contributed by atoms with E-state index in [1.807, 2.05) is 12.1 Å². The average molecular weight is 545 g/mol. The number of aliphatic hydroxyl groups excluding tert-OH is 2. The van der Waals surface area contributed by atoms with Gasteiger partial charge in [-0.15, -0.1) is 0 Å². The first kappa shape index (κ1) is 27.2. The standard InChI is InChI=1S/C29H31F3N2O5/c30-29(31,32)18-12-10-17(11-13-18)28(38)34(19-6-2-1-3-7-19)22-16-21(27(37)33-14-15-35)24-20-8-4-5-9-23(20)39-26(24)25(22)36/h4-5,8-13,16,19,22,24-26,35-36H,1-3,6-7,14-15H2,(H,33,37)/t22-,24+,25+,26+/m1/s1. The Balaban J connectivity index is 1.56. The highest BCUT2D eigenvalue weighted by atomic mass is 19.4. The summed E-state index contributed by atoms with van der Waals surface area (Å²) in [5, 5.41) is 23.6. The number of carbonyl (C=O) groups excluding carboxylic acids is 2. The van der Waals surface area contributed by atoms with Gasteiger partial charge in [-0.2, -0.15) is 13.2 Å². The highest BCUT2D eigenvalue weighted by molar-refractivity contribution is 5.97. The van der Waals surface area contributed by atoms with Gasteiger partial charge in [-0.3, -0.25) is 9.59 Å². The first-order valence-electron chi connectivity index (χ1n) is 13.2. The molecule has 208 valence electrons. The normalized spacial score (nSPS) is 24.7. The molecule has 0 spiro atoms. The lowest BCUT2D eigenvalue weighted by atomic mass is 9.76. The number of nitrogens with zero attached hydrogens (tertiary/aromatic N) is 1. The van der Waals surface area contributed by atoms with Gasteiger partial charge in [0.05, 0.1) is 24.1 Å². The predicted molar refractivity (Wildman–Crippen MR) is 136 cm³/mol. The summed E-state index contributed by atoms with van der Waals surface area (Å²) in [6, 6.07) is 10.0. The molecule has 5 rings (SSSR count). The topological polar surface area (TPSA) is 99.1 Å². The maximum Gasteiger partial charge on any atom is 0.416 e. The molecule has 2 amide bonds. The van der Waals surface area contributed by atoms with E-state index in [2.05, 4.69) is 5.32 Å². The quantitative estimate of drug-likeness (QED) is 0.514. The first-order chi connectivity index (χ1) is 18.7. The fraction of sp³-hybridized carbons (Fsp3) is 0.448. The van der Waals surface area contributed by atoms with Crippen molar-refractivity contribution in [3.8, 4) is 5.75 Å². The van der Waals surface area contributed by atoms with Crippen LogP contribution in [0.1, 0.15) is 59.5 Å². The second-order valence-electron chi connectivity index (χ2n) is 10.3. The Morgan fingerprint density at radius 2 is 1.72 bits per heavy atom. The zero-order valence-corrected chi connectivity index (χ0v) is 21.2. The number of rotatable bonds is 6. The molecule has 3 aliphatic rings. The van der Waals surface area contributed by atoms with Crippen molar-refractivity contribution in [3.63, 3.8) is 0 Å². The van der Waals surface area contributed by atoms with Gasteiger partial charge in [-0.1, -0.05) is 37.5 Å². The summed E-state index contributed by atoms with van der Waals surface area (Å²) in [6.45, 7) is -0.229. The fourth-order valence-electron chi connectivity index (χ4n) is 6.02. The van der Waals surface area contributed by atoms with E-state index in [-0.39, 0.29) is 24.8 Å². The Hall–Kier alpha value is -3.37. The van der Waals surface area contributed by atoms with Crippen LogP contribution < -0.4 is 10.1 Å². The minimum absolute atomic E-state index is 0.0279. The minimum Gasteiger partial charge on any atom is -0.486 e. The Labute approximate surface area is 224 Å². The molecule has 1 fully saturated rings. The molecule has 3 N–H and O–H groups in total. The van der Waals surface area contributed by atoms with Crippen molar-refractivity contribution >= 4 is 11.8 Å². The van der Waals surface area contributed by atoms with E-state index in [9.17, 15) is 33.0 Å². The Bertz CT molecular complexity index is 1240. The number of nitrogens with one attached hydrogen (secondary N) is 1. The summed E-state index contributed by atoms with van der Waals surface area (Å²) in [4.78, 5) is 28.8. The third kappa shape index (κ3) is 5.27. The number of halogens is 3. The van der Waals surface area contributed by atoms with Crippen LogP contribution in [-0.2, 0) is 11.0 Å². The van der Waals surface area contributed by atoms with Crippen molar-refractivity contribution in [1.82, 2.24) is 10.2 Å². The predicted octanol–water partition coefficient (Wildman–Crippen LogP) is 3.80. The summed E-state index contributed by atoms with van der Waals surface area (Å²) in [6.07, 6.45) is -0.906. The maximum absolute atomic E-state index is 13.9. The number of para-hydroxylation sites is 1. The van der Waals surface area contributed by atoms with Crippen molar-refractivity contribution in [2.45, 2.75) is 68.5 Å². The van der Waals surface area contributed by atoms with Crippen LogP contribution >= 0.6 is 0 Å². The maximum atomic E-state index is 13.9. The van der Waals surface area contributed by atoms with Crippen LogP contribution in [0.2, 0.25) is 0 Å². The molecule has 2 aromatic rings. The minimum atomic E-state index is -4.53. The van der Waals surface area contributed by atoms with E-state index < -0.39 is 47.7 Å². The van der Waals surface area contributed by atoms with Crippen LogP contribution in [0.5, 0.6) is 5.75 Å². The van der Waals surface area contributed by atoms with Crippen LogP contribution in [-0.4, -0.2) is 64.4 Å². The lowest BCUT2D eigenvalue weighted by Crippen LogP contribution is -2.58. The monoisotopic (exact) mass is 544 g/mol. The zero-order chi connectivity index (χ0) is 27.7. The molecule has 1 saturated carbocycles. The third-order valence-corrected chi connectivity index (χ3v) is 7.86. The number of amides is 2. The molecule has 1 heterocycles. The molecule has 10 heteroatoms. The highest BCUT2D eigenvalue weighted by Crippen LogP contribution is 2.47. The van der Waals surface area contributed by atoms with Gasteiger partial charge < -0.3 is 25.2 Å². The molecule has 0 bridgehead atoms. The van der Waals surface area contributed by atoms with E-state index in [1.165, 1.54) is 4.90 Å². The largest absolute Gasteiger partial charge is 0.486 e. The molecule has 4 atom stereocenters. The fourth-order valence-corrected chi connectivity index (χ4v) is 6.02. The molecule has 0 aromatic heterocycles. The van der Waals surface area contributed by atoms with E-state index in [0.717, 1.165) is 49.1 Å². The summed E-state index contributed by atoms with van der Waals surface area (Å²) in [7, 11) is 0. The van der Waals surface area contributed by atoms with E-state index in [0.29, 0.717) is 24.2 Å². The molecule has 0 radical (unpaired) electrons. The van der Waals surface area contributed by atoms with Crippen molar-refractivity contribution in [3.05, 3.63) is 76.9 Å². The summed E-state index contributed by atoms with van der Waals surface area (Å²) >= 11 is 0. The molecule has 2 aliphatic carbocycles. The number of alkyl halides is 3. The number of ether oxygens (including phenoxy) is 1. The molecule has 0 unspecified atom stereocenters. The van der Waals surface area contributed by atoms with Gasteiger partial charge in [-0.25, -0.2) is 0 Å². The summed E-state index contributed by atoms with van der Waals surface area (Å²) < 4.78 is 45.6. The Morgan fingerprint density at radius 1 is 1.03 bits per heavy atom. The van der Waals surface area contributed by atoms with Crippen LogP contribution in [0.15, 0.2) is 60.2 Å². The van der Waals surface area contributed by atoms with Gasteiger partial charge in [-0.05, 0) is 49.2 Å². The second-order valence-corrected chi connectivity index (χ2v) is 10.3. The number of fused-ring (bicyclic) bond motifs is 3. The van der Waals surface area contributed by atoms with E-state index in [1.54, 1.807) is 18.2 Å². The molecular formula is C29H31F3N2O5. The smallest absolute Gasteiger partial charge is 0.416 e. The van der Waals surface area contributed by atoms with Crippen molar-refractivity contribution in [2.24, 2.45) is 0 Å². The van der Waals surface area contributed by atoms with Crippen molar-refractivity contribution < 1.29 is 37.7 Å². The average Bonchev–Trinajstić information content (AvgIpc) is 3.33. The van der Waals surface area contributed by atoms with E-state index in [4.69, 9.17) is 4.74 Å². The van der Waals surface area contributed by atoms with Gasteiger partial charge >= 0.3 is 6.18 Å². The second kappa shape index (κ2) is 11.0. The number of carbonyl (C=O) groups is 2. The molecule has 7 nitrogen and oxygen atoms in total. The lowest BCUT2D eigenvalue weighted by Gasteiger charge is -2.45. The summed E-state index contributed by atoms with van der Waals surface area (Å²) in [5.41, 5.74) is 0.264. The number of hydrogen-bond acceptors (Lipinski definition) is 5. The number of benzene rings is 2. The van der Waals surface area contributed by atoms with Gasteiger partial charge in [0.1, 0.15) is 18.0 Å². The van der Waals surface area contributed by atoms with Crippen molar-refractivity contribution in [1.29, 1.82) is 0 Å². The SMILES string of the molecule is O=C(NCCO)C1=C[C@@H](N(C(=O)c2ccc(C(F)(F)F)cc2)C2CCCCC2)[C@H](O)[C@H]2Oc3ccccc3[C@@H]12. The van der Waals surface area contributed by atoms with Gasteiger partial charge in [0.2, 0.25) is 5.91 Å². The molecular weight excluding hydrogens is 513 g/mol. The van der Waals surface area contributed by atoms with Crippen LogP contribution in [0, 0.1) is 0 Å². The number of hydrogen-bond donors (Lipinski definition) is 3. The van der Waals surface area contributed by atoms with Crippen LogP contribution in [0.4, 0.5) is 13.2 Å².